The number of halogens is 1. The van der Waals surface area contributed by atoms with E-state index < -0.39 is 6.09 Å². The second kappa shape index (κ2) is 9.61. The van der Waals surface area contributed by atoms with Crippen molar-refractivity contribution < 1.29 is 19.0 Å². The second-order valence-electron chi connectivity index (χ2n) is 9.04. The number of pyridine rings is 1. The number of benzene rings is 2. The van der Waals surface area contributed by atoms with E-state index in [1.807, 2.05) is 37.3 Å². The number of hydrogen-bond donors (Lipinski definition) is 1. The second-order valence-corrected chi connectivity index (χ2v) is 9.04. The summed E-state index contributed by atoms with van der Waals surface area (Å²) in [6.07, 6.45) is 2.24. The molecule has 1 amide bonds. The largest absolute Gasteiger partial charge is 0.487 e. The Morgan fingerprint density at radius 1 is 1.21 bits per heavy atom. The minimum atomic E-state index is -0.905. The average Bonchev–Trinajstić information content (AvgIpc) is 2.77. The SMILES string of the molecule is Cc1ccnc(COc2ccc(F)cc2-c2ccc3c(c2)C(CC(C)C)N(C(=O)O)CC3)c1. The summed E-state index contributed by atoms with van der Waals surface area (Å²) >= 11 is 0. The maximum atomic E-state index is 14.3. The maximum Gasteiger partial charge on any atom is 0.407 e. The Morgan fingerprint density at radius 3 is 2.76 bits per heavy atom. The molecule has 5 nitrogen and oxygen atoms in total. The van der Waals surface area contributed by atoms with Crippen molar-refractivity contribution in [1.82, 2.24) is 9.88 Å². The van der Waals surface area contributed by atoms with Crippen LogP contribution in [0.2, 0.25) is 0 Å². The first-order valence-electron chi connectivity index (χ1n) is 11.3. The van der Waals surface area contributed by atoms with Gasteiger partial charge in [-0.2, -0.15) is 0 Å². The summed E-state index contributed by atoms with van der Waals surface area (Å²) < 4.78 is 20.3. The van der Waals surface area contributed by atoms with E-state index in [-0.39, 0.29) is 18.5 Å². The minimum absolute atomic E-state index is 0.222. The van der Waals surface area contributed by atoms with Crippen LogP contribution >= 0.6 is 0 Å². The molecule has 1 unspecified atom stereocenters. The van der Waals surface area contributed by atoms with Gasteiger partial charge in [0.05, 0.1) is 11.7 Å². The Bertz CT molecular complexity index is 1160. The molecule has 1 atom stereocenters. The highest BCUT2D eigenvalue weighted by molar-refractivity contribution is 5.73. The van der Waals surface area contributed by atoms with Crippen LogP contribution in [0.15, 0.2) is 54.7 Å². The number of ether oxygens (including phenoxy) is 1. The van der Waals surface area contributed by atoms with Gasteiger partial charge in [0.15, 0.2) is 0 Å². The molecule has 0 radical (unpaired) electrons. The van der Waals surface area contributed by atoms with E-state index in [4.69, 9.17) is 4.74 Å². The van der Waals surface area contributed by atoms with Crippen LogP contribution in [-0.2, 0) is 13.0 Å². The van der Waals surface area contributed by atoms with Crippen molar-refractivity contribution in [2.75, 3.05) is 6.54 Å². The summed E-state index contributed by atoms with van der Waals surface area (Å²) in [5.41, 5.74) is 5.47. The van der Waals surface area contributed by atoms with Gasteiger partial charge >= 0.3 is 6.09 Å². The monoisotopic (exact) mass is 448 g/mol. The zero-order chi connectivity index (χ0) is 23.5. The number of nitrogens with zero attached hydrogens (tertiary/aromatic N) is 2. The number of aromatic nitrogens is 1. The van der Waals surface area contributed by atoms with E-state index in [2.05, 4.69) is 18.8 Å². The number of rotatable bonds is 6. The first-order chi connectivity index (χ1) is 15.8. The Hall–Kier alpha value is -3.41. The van der Waals surface area contributed by atoms with Crippen LogP contribution in [0.3, 0.4) is 0 Å². The van der Waals surface area contributed by atoms with Gasteiger partial charge in [-0.1, -0.05) is 26.0 Å². The highest BCUT2D eigenvalue weighted by Crippen LogP contribution is 2.39. The Labute approximate surface area is 193 Å². The molecule has 0 bridgehead atoms. The van der Waals surface area contributed by atoms with Gasteiger partial charge < -0.3 is 14.7 Å². The average molecular weight is 449 g/mol. The number of amides is 1. The van der Waals surface area contributed by atoms with Crippen LogP contribution in [0.5, 0.6) is 5.75 Å². The topological polar surface area (TPSA) is 62.7 Å². The van der Waals surface area contributed by atoms with Gasteiger partial charge in [-0.25, -0.2) is 9.18 Å². The highest BCUT2D eigenvalue weighted by atomic mass is 19.1. The quantitative estimate of drug-likeness (QED) is 0.474. The lowest BCUT2D eigenvalue weighted by atomic mass is 9.86. The van der Waals surface area contributed by atoms with Gasteiger partial charge in [0.1, 0.15) is 18.2 Å². The lowest BCUT2D eigenvalue weighted by Crippen LogP contribution is -2.39. The smallest absolute Gasteiger partial charge is 0.407 e. The summed E-state index contributed by atoms with van der Waals surface area (Å²) in [6, 6.07) is 14.2. The standard InChI is InChI=1S/C27H29FN2O3/c1-17(2)12-25-23-14-20(5-4-19(23)9-11-30(25)27(31)32)24-15-21(28)6-7-26(24)33-16-22-13-18(3)8-10-29-22/h4-8,10,13-15,17,25H,9,11-12,16H2,1-3H3,(H,31,32). The van der Waals surface area contributed by atoms with Crippen LogP contribution < -0.4 is 4.74 Å². The third-order valence-electron chi connectivity index (χ3n) is 6.04. The van der Waals surface area contributed by atoms with E-state index >= 15 is 0 Å². The van der Waals surface area contributed by atoms with Crippen LogP contribution in [0.25, 0.3) is 11.1 Å². The molecule has 0 saturated heterocycles. The zero-order valence-electron chi connectivity index (χ0n) is 19.2. The zero-order valence-corrected chi connectivity index (χ0v) is 19.2. The summed E-state index contributed by atoms with van der Waals surface area (Å²) in [4.78, 5) is 17.8. The summed E-state index contributed by atoms with van der Waals surface area (Å²) in [7, 11) is 0. The Balaban J connectivity index is 1.70. The molecule has 6 heteroatoms. The van der Waals surface area contributed by atoms with E-state index in [1.54, 1.807) is 12.3 Å². The number of aryl methyl sites for hydroxylation is 1. The molecule has 4 rings (SSSR count). The molecule has 1 N–H and O–H groups in total. The van der Waals surface area contributed by atoms with Crippen LogP contribution in [0, 0.1) is 18.7 Å². The minimum Gasteiger partial charge on any atom is -0.487 e. The van der Waals surface area contributed by atoms with E-state index in [0.29, 0.717) is 30.2 Å². The molecule has 0 aliphatic carbocycles. The fourth-order valence-electron chi connectivity index (χ4n) is 4.48. The Morgan fingerprint density at radius 2 is 2.03 bits per heavy atom. The van der Waals surface area contributed by atoms with Gasteiger partial charge in [0.25, 0.3) is 0 Å². The third kappa shape index (κ3) is 5.16. The third-order valence-corrected chi connectivity index (χ3v) is 6.04. The maximum absolute atomic E-state index is 14.3. The van der Waals surface area contributed by atoms with Crippen LogP contribution in [0.1, 0.15) is 48.7 Å². The molecule has 2 aromatic carbocycles. The van der Waals surface area contributed by atoms with Crippen LogP contribution in [0.4, 0.5) is 9.18 Å². The van der Waals surface area contributed by atoms with Crippen molar-refractivity contribution in [3.05, 3.63) is 82.9 Å². The summed E-state index contributed by atoms with van der Waals surface area (Å²) in [5.74, 6) is 0.543. The molecule has 172 valence electrons. The van der Waals surface area contributed by atoms with Gasteiger partial charge in [0.2, 0.25) is 0 Å². The number of hydrogen-bond acceptors (Lipinski definition) is 3. The predicted molar refractivity (Wildman–Crippen MR) is 126 cm³/mol. The molecule has 0 saturated carbocycles. The molecule has 2 heterocycles. The van der Waals surface area contributed by atoms with E-state index in [9.17, 15) is 14.3 Å². The lowest BCUT2D eigenvalue weighted by Gasteiger charge is -2.36. The highest BCUT2D eigenvalue weighted by Gasteiger charge is 2.31. The number of carboxylic acid groups (broad SMARTS) is 1. The van der Waals surface area contributed by atoms with Gasteiger partial charge in [0, 0.05) is 18.3 Å². The van der Waals surface area contributed by atoms with Crippen molar-refractivity contribution in [2.24, 2.45) is 5.92 Å². The molecule has 1 aromatic heterocycles. The van der Waals surface area contributed by atoms with Gasteiger partial charge in [-0.15, -0.1) is 0 Å². The van der Waals surface area contributed by atoms with Crippen molar-refractivity contribution in [3.8, 4) is 16.9 Å². The normalized spacial score (nSPS) is 15.4. The number of fused-ring (bicyclic) bond motifs is 1. The molecule has 0 fully saturated rings. The molecule has 33 heavy (non-hydrogen) atoms. The van der Waals surface area contributed by atoms with E-state index in [1.165, 1.54) is 17.0 Å². The first kappa shape index (κ1) is 22.8. The fourth-order valence-corrected chi connectivity index (χ4v) is 4.48. The number of carbonyl (C=O) groups is 1. The predicted octanol–water partition coefficient (Wildman–Crippen LogP) is 6.40. The van der Waals surface area contributed by atoms with Gasteiger partial charge in [-0.05, 0) is 84.3 Å². The summed E-state index contributed by atoms with van der Waals surface area (Å²) in [6.45, 7) is 6.94. The van der Waals surface area contributed by atoms with E-state index in [0.717, 1.165) is 34.4 Å². The molecule has 3 aromatic rings. The molecule has 0 spiro atoms. The van der Waals surface area contributed by atoms with Crippen molar-refractivity contribution in [2.45, 2.75) is 46.3 Å². The van der Waals surface area contributed by atoms with Crippen molar-refractivity contribution >= 4 is 6.09 Å². The molecule has 1 aliphatic heterocycles. The van der Waals surface area contributed by atoms with Crippen molar-refractivity contribution in [3.63, 3.8) is 0 Å². The lowest BCUT2D eigenvalue weighted by molar-refractivity contribution is 0.113. The molecule has 1 aliphatic rings. The fraction of sp³-hybridized carbons (Fsp3) is 0.333. The molecular weight excluding hydrogens is 419 g/mol. The summed E-state index contributed by atoms with van der Waals surface area (Å²) in [5, 5.41) is 9.76. The van der Waals surface area contributed by atoms with Crippen molar-refractivity contribution in [1.29, 1.82) is 0 Å². The Kier molecular flexibility index (Phi) is 6.63. The first-order valence-corrected chi connectivity index (χ1v) is 11.3. The van der Waals surface area contributed by atoms with Gasteiger partial charge in [-0.3, -0.25) is 4.98 Å². The molecular formula is C27H29FN2O3. The van der Waals surface area contributed by atoms with Crippen LogP contribution in [-0.4, -0.2) is 27.6 Å².